The van der Waals surface area contributed by atoms with E-state index in [1.54, 1.807) is 0 Å². The van der Waals surface area contributed by atoms with Crippen molar-refractivity contribution >= 4 is 22.7 Å². The minimum Gasteiger partial charge on any atom is -0.462 e. The summed E-state index contributed by atoms with van der Waals surface area (Å²) in [5.74, 6) is -0.806. The Balaban J connectivity index is 1.46. The number of hydrogen-bond acceptors (Lipinski definition) is 4. The van der Waals surface area contributed by atoms with E-state index in [2.05, 4.69) is 0 Å². The van der Waals surface area contributed by atoms with Crippen LogP contribution >= 0.6 is 0 Å². The largest absolute Gasteiger partial charge is 0.462 e. The summed E-state index contributed by atoms with van der Waals surface area (Å²) in [6.07, 6.45) is 5.64. The molecule has 1 aliphatic carbocycles. The number of Topliss-reactive ketones (excluding diaryl/α,β-unsaturated/α-hetero) is 1. The standard InChI is InChI=1S/C25H24FNO3/c26-18-14-12-17(13-15-18)23(28)11-6-16-30-25(29)24-19-7-2-1-3-9-21(19)27-22-10-5-4-8-20(22)24/h4-5,8,10,12-15H,1-3,6-7,9,11,16H2. The molecule has 0 amide bonds. The lowest BCUT2D eigenvalue weighted by Gasteiger charge is -2.15. The number of benzene rings is 2. The van der Waals surface area contributed by atoms with Crippen LogP contribution in [0.25, 0.3) is 10.9 Å². The Morgan fingerprint density at radius 1 is 0.967 bits per heavy atom. The molecule has 4 nitrogen and oxygen atoms in total. The predicted octanol–water partition coefficient (Wildman–Crippen LogP) is 5.46. The van der Waals surface area contributed by atoms with Crippen molar-refractivity contribution in [1.29, 1.82) is 0 Å². The molecular formula is C25H24FNO3. The maximum atomic E-state index is 13.0. The molecular weight excluding hydrogens is 381 g/mol. The molecule has 4 rings (SSSR count). The molecule has 0 spiro atoms. The number of ketones is 1. The van der Waals surface area contributed by atoms with Crippen molar-refractivity contribution in [2.45, 2.75) is 44.9 Å². The first-order valence-corrected chi connectivity index (χ1v) is 10.5. The lowest BCUT2D eigenvalue weighted by Crippen LogP contribution is -2.13. The second-order valence-electron chi connectivity index (χ2n) is 7.66. The predicted molar refractivity (Wildman–Crippen MR) is 113 cm³/mol. The van der Waals surface area contributed by atoms with Gasteiger partial charge in [-0.15, -0.1) is 0 Å². The van der Waals surface area contributed by atoms with Crippen LogP contribution in [0.4, 0.5) is 4.39 Å². The zero-order valence-electron chi connectivity index (χ0n) is 16.8. The second kappa shape index (κ2) is 9.16. The summed E-state index contributed by atoms with van der Waals surface area (Å²) in [5.41, 5.74) is 3.93. The molecule has 154 valence electrons. The van der Waals surface area contributed by atoms with Gasteiger partial charge in [0.1, 0.15) is 5.82 Å². The van der Waals surface area contributed by atoms with Crippen LogP contribution in [-0.4, -0.2) is 23.3 Å². The Bertz CT molecular complexity index is 1080. The van der Waals surface area contributed by atoms with Gasteiger partial charge in [-0.1, -0.05) is 24.6 Å². The summed E-state index contributed by atoms with van der Waals surface area (Å²) in [4.78, 5) is 30.0. The number of halogens is 1. The van der Waals surface area contributed by atoms with Gasteiger partial charge in [0.25, 0.3) is 0 Å². The van der Waals surface area contributed by atoms with Crippen LogP contribution in [0.5, 0.6) is 0 Å². The molecule has 0 radical (unpaired) electrons. The van der Waals surface area contributed by atoms with Crippen molar-refractivity contribution in [3.05, 3.63) is 76.7 Å². The summed E-state index contributed by atoms with van der Waals surface area (Å²) in [5, 5.41) is 0.825. The molecule has 0 aliphatic heterocycles. The molecule has 3 aromatic rings. The van der Waals surface area contributed by atoms with Crippen LogP contribution in [0.1, 0.15) is 64.1 Å². The summed E-state index contributed by atoms with van der Waals surface area (Å²) in [6, 6.07) is 13.2. The van der Waals surface area contributed by atoms with E-state index in [0.29, 0.717) is 17.5 Å². The Morgan fingerprint density at radius 3 is 2.57 bits per heavy atom. The van der Waals surface area contributed by atoms with Gasteiger partial charge in [0.2, 0.25) is 0 Å². The van der Waals surface area contributed by atoms with Gasteiger partial charge in [0.15, 0.2) is 5.78 Å². The van der Waals surface area contributed by atoms with Crippen LogP contribution in [-0.2, 0) is 17.6 Å². The van der Waals surface area contributed by atoms with Gasteiger partial charge >= 0.3 is 5.97 Å². The fraction of sp³-hybridized carbons (Fsp3) is 0.320. The zero-order chi connectivity index (χ0) is 20.9. The number of carbonyl (C=O) groups excluding carboxylic acids is 2. The maximum absolute atomic E-state index is 13.0. The van der Waals surface area contributed by atoms with E-state index < -0.39 is 0 Å². The maximum Gasteiger partial charge on any atom is 0.339 e. The molecule has 30 heavy (non-hydrogen) atoms. The Labute approximate surface area is 175 Å². The third kappa shape index (κ3) is 4.40. The van der Waals surface area contributed by atoms with E-state index in [4.69, 9.17) is 9.72 Å². The highest BCUT2D eigenvalue weighted by Gasteiger charge is 2.22. The lowest BCUT2D eigenvalue weighted by molar-refractivity contribution is 0.0495. The Kier molecular flexibility index (Phi) is 6.17. The fourth-order valence-electron chi connectivity index (χ4n) is 4.03. The van der Waals surface area contributed by atoms with Crippen molar-refractivity contribution in [1.82, 2.24) is 4.98 Å². The van der Waals surface area contributed by atoms with Gasteiger partial charge in [0, 0.05) is 23.1 Å². The lowest BCUT2D eigenvalue weighted by atomic mass is 9.97. The topological polar surface area (TPSA) is 56.3 Å². The highest BCUT2D eigenvalue weighted by atomic mass is 19.1. The molecule has 1 aliphatic rings. The van der Waals surface area contributed by atoms with Gasteiger partial charge in [-0.3, -0.25) is 9.78 Å². The van der Waals surface area contributed by atoms with Crippen molar-refractivity contribution in [3.63, 3.8) is 0 Å². The number of rotatable bonds is 6. The van der Waals surface area contributed by atoms with Gasteiger partial charge < -0.3 is 4.74 Å². The van der Waals surface area contributed by atoms with E-state index in [0.717, 1.165) is 54.3 Å². The quantitative estimate of drug-likeness (QED) is 0.236. The highest BCUT2D eigenvalue weighted by molar-refractivity contribution is 6.05. The van der Waals surface area contributed by atoms with Crippen LogP contribution in [0.3, 0.4) is 0 Å². The van der Waals surface area contributed by atoms with E-state index in [9.17, 15) is 14.0 Å². The third-order valence-electron chi connectivity index (χ3n) is 5.57. The van der Waals surface area contributed by atoms with Crippen molar-refractivity contribution in [3.8, 4) is 0 Å². The van der Waals surface area contributed by atoms with Crippen LogP contribution in [0.15, 0.2) is 48.5 Å². The molecule has 0 fully saturated rings. The number of para-hydroxylation sites is 1. The summed E-state index contributed by atoms with van der Waals surface area (Å²) >= 11 is 0. The normalized spacial score (nSPS) is 13.5. The minimum atomic E-state index is -0.371. The van der Waals surface area contributed by atoms with Gasteiger partial charge in [-0.25, -0.2) is 9.18 Å². The Morgan fingerprint density at radius 2 is 1.73 bits per heavy atom. The monoisotopic (exact) mass is 405 g/mol. The molecule has 1 heterocycles. The number of aryl methyl sites for hydroxylation is 1. The summed E-state index contributed by atoms with van der Waals surface area (Å²) < 4.78 is 18.6. The Hall–Kier alpha value is -3.08. The molecule has 0 atom stereocenters. The van der Waals surface area contributed by atoms with E-state index in [-0.39, 0.29) is 30.6 Å². The summed E-state index contributed by atoms with van der Waals surface area (Å²) in [6.45, 7) is 0.164. The first-order valence-electron chi connectivity index (χ1n) is 10.5. The SMILES string of the molecule is O=C(CCCOC(=O)c1c2c(nc3ccccc13)CCCCC2)c1ccc(F)cc1. The molecule has 0 saturated carbocycles. The van der Waals surface area contributed by atoms with Crippen LogP contribution in [0, 0.1) is 5.82 Å². The average molecular weight is 405 g/mol. The van der Waals surface area contributed by atoms with Crippen molar-refractivity contribution in [2.75, 3.05) is 6.61 Å². The number of ether oxygens (including phenoxy) is 1. The smallest absolute Gasteiger partial charge is 0.339 e. The second-order valence-corrected chi connectivity index (χ2v) is 7.66. The van der Waals surface area contributed by atoms with Gasteiger partial charge in [-0.05, 0) is 68.0 Å². The molecule has 1 aromatic heterocycles. The van der Waals surface area contributed by atoms with Crippen LogP contribution in [0.2, 0.25) is 0 Å². The highest BCUT2D eigenvalue weighted by Crippen LogP contribution is 2.29. The van der Waals surface area contributed by atoms with Crippen LogP contribution < -0.4 is 0 Å². The van der Waals surface area contributed by atoms with Gasteiger partial charge in [0.05, 0.1) is 17.7 Å². The molecule has 0 bridgehead atoms. The molecule has 2 aromatic carbocycles. The van der Waals surface area contributed by atoms with E-state index in [1.807, 2.05) is 24.3 Å². The number of pyridine rings is 1. The van der Waals surface area contributed by atoms with E-state index >= 15 is 0 Å². The number of hydrogen-bond donors (Lipinski definition) is 0. The number of carbonyl (C=O) groups is 2. The molecule has 0 N–H and O–H groups in total. The summed E-state index contributed by atoms with van der Waals surface area (Å²) in [7, 11) is 0. The molecule has 5 heteroatoms. The third-order valence-corrected chi connectivity index (χ3v) is 5.57. The minimum absolute atomic E-state index is 0.0886. The number of aromatic nitrogens is 1. The van der Waals surface area contributed by atoms with Crippen molar-refractivity contribution < 1.29 is 18.7 Å². The number of nitrogens with zero attached hydrogens (tertiary/aromatic N) is 1. The number of fused-ring (bicyclic) bond motifs is 2. The first-order chi connectivity index (χ1) is 14.6. The van der Waals surface area contributed by atoms with Gasteiger partial charge in [-0.2, -0.15) is 0 Å². The first kappa shape index (κ1) is 20.2. The fourth-order valence-corrected chi connectivity index (χ4v) is 4.03. The average Bonchev–Trinajstić information content (AvgIpc) is 3.00. The number of esters is 1. The zero-order valence-corrected chi connectivity index (χ0v) is 16.8. The molecule has 0 unspecified atom stereocenters. The van der Waals surface area contributed by atoms with E-state index in [1.165, 1.54) is 24.3 Å². The molecule has 0 saturated heterocycles. The van der Waals surface area contributed by atoms with Crippen molar-refractivity contribution in [2.24, 2.45) is 0 Å².